The molecule has 7 heteroatoms. The number of aromatic amines is 1. The molecule has 0 spiro atoms. The van der Waals surface area contributed by atoms with Gasteiger partial charge < -0.3 is 15.5 Å². The van der Waals surface area contributed by atoms with Crippen molar-refractivity contribution < 1.29 is 14.0 Å². The normalized spacial score (nSPS) is 13.6. The molecule has 2 aromatic rings. The van der Waals surface area contributed by atoms with Crippen molar-refractivity contribution in [3.05, 3.63) is 30.2 Å². The smallest absolute Gasteiger partial charge is 0.272 e. The Balaban J connectivity index is 2.11. The fourth-order valence-corrected chi connectivity index (χ4v) is 1.94. The summed E-state index contributed by atoms with van der Waals surface area (Å²) in [5, 5.41) is 9.25. The SMILES string of the molecule is CCC(C)C(NC(=O)c1cc(-c2ccco2)[nH]n1)C(N)=O. The molecule has 0 aliphatic carbocycles. The number of carbonyl (C=O) groups is 2. The van der Waals surface area contributed by atoms with Gasteiger partial charge in [0.1, 0.15) is 11.7 Å². The van der Waals surface area contributed by atoms with Crippen molar-refractivity contribution in [1.29, 1.82) is 0 Å². The van der Waals surface area contributed by atoms with Crippen LogP contribution in [0.25, 0.3) is 11.5 Å². The molecule has 112 valence electrons. The summed E-state index contributed by atoms with van der Waals surface area (Å²) >= 11 is 0. The van der Waals surface area contributed by atoms with Crippen molar-refractivity contribution in [3.8, 4) is 11.5 Å². The van der Waals surface area contributed by atoms with Gasteiger partial charge in [0.15, 0.2) is 11.5 Å². The molecule has 0 aromatic carbocycles. The van der Waals surface area contributed by atoms with Crippen LogP contribution in [0.15, 0.2) is 28.9 Å². The maximum atomic E-state index is 12.1. The first-order valence-corrected chi connectivity index (χ1v) is 6.72. The molecule has 0 fully saturated rings. The summed E-state index contributed by atoms with van der Waals surface area (Å²) in [4.78, 5) is 23.6. The minimum atomic E-state index is -0.716. The maximum Gasteiger partial charge on any atom is 0.272 e. The van der Waals surface area contributed by atoms with Crippen LogP contribution >= 0.6 is 0 Å². The molecule has 2 unspecified atom stereocenters. The van der Waals surface area contributed by atoms with E-state index < -0.39 is 17.9 Å². The van der Waals surface area contributed by atoms with Gasteiger partial charge in [0.25, 0.3) is 5.91 Å². The van der Waals surface area contributed by atoms with E-state index in [1.54, 1.807) is 18.2 Å². The molecule has 0 aliphatic rings. The van der Waals surface area contributed by atoms with E-state index in [1.165, 1.54) is 6.26 Å². The van der Waals surface area contributed by atoms with Crippen molar-refractivity contribution in [1.82, 2.24) is 15.5 Å². The van der Waals surface area contributed by atoms with Crippen molar-refractivity contribution in [2.45, 2.75) is 26.3 Å². The Morgan fingerprint density at radius 1 is 1.52 bits per heavy atom. The van der Waals surface area contributed by atoms with E-state index in [2.05, 4.69) is 15.5 Å². The van der Waals surface area contributed by atoms with E-state index in [4.69, 9.17) is 10.2 Å². The molecule has 7 nitrogen and oxygen atoms in total. The quantitative estimate of drug-likeness (QED) is 0.743. The second-order valence-electron chi connectivity index (χ2n) is 4.88. The minimum Gasteiger partial charge on any atom is -0.463 e. The predicted molar refractivity (Wildman–Crippen MR) is 76.2 cm³/mol. The number of nitrogens with one attached hydrogen (secondary N) is 2. The van der Waals surface area contributed by atoms with Crippen molar-refractivity contribution in [3.63, 3.8) is 0 Å². The molecule has 2 amide bonds. The van der Waals surface area contributed by atoms with E-state index in [0.717, 1.165) is 6.42 Å². The lowest BCUT2D eigenvalue weighted by Gasteiger charge is -2.20. The summed E-state index contributed by atoms with van der Waals surface area (Å²) in [7, 11) is 0. The van der Waals surface area contributed by atoms with Crippen LogP contribution in [0.5, 0.6) is 0 Å². The van der Waals surface area contributed by atoms with Crippen LogP contribution in [-0.4, -0.2) is 28.1 Å². The molecule has 0 bridgehead atoms. The molecule has 2 atom stereocenters. The summed E-state index contributed by atoms with van der Waals surface area (Å²) in [5.74, 6) is -0.475. The monoisotopic (exact) mass is 290 g/mol. The Hall–Kier alpha value is -2.57. The van der Waals surface area contributed by atoms with Gasteiger partial charge in [0, 0.05) is 6.07 Å². The lowest BCUT2D eigenvalue weighted by molar-refractivity contribution is -0.120. The van der Waals surface area contributed by atoms with Gasteiger partial charge in [-0.2, -0.15) is 5.10 Å². The fraction of sp³-hybridized carbons (Fsp3) is 0.357. The number of carbonyl (C=O) groups excluding carboxylic acids is 2. The Morgan fingerprint density at radius 3 is 2.86 bits per heavy atom. The summed E-state index contributed by atoms with van der Waals surface area (Å²) in [6.07, 6.45) is 2.26. The van der Waals surface area contributed by atoms with Crippen LogP contribution in [0.4, 0.5) is 0 Å². The molecule has 0 saturated carbocycles. The van der Waals surface area contributed by atoms with Crippen molar-refractivity contribution in [2.24, 2.45) is 11.7 Å². The average molecular weight is 290 g/mol. The number of primary amides is 1. The van der Waals surface area contributed by atoms with Gasteiger partial charge >= 0.3 is 0 Å². The summed E-state index contributed by atoms with van der Waals surface area (Å²) in [6, 6.07) is 4.33. The topological polar surface area (TPSA) is 114 Å². The number of nitrogens with zero attached hydrogens (tertiary/aromatic N) is 1. The van der Waals surface area contributed by atoms with E-state index in [1.807, 2.05) is 13.8 Å². The Labute approximate surface area is 121 Å². The Bertz CT molecular complexity index is 618. The van der Waals surface area contributed by atoms with Crippen LogP contribution in [0.2, 0.25) is 0 Å². The zero-order chi connectivity index (χ0) is 15.4. The molecular formula is C14H18N4O3. The first-order chi connectivity index (χ1) is 10.0. The average Bonchev–Trinajstić information content (AvgIpc) is 3.12. The molecule has 2 aromatic heterocycles. The highest BCUT2D eigenvalue weighted by Gasteiger charge is 2.25. The molecule has 0 radical (unpaired) electrons. The number of H-pyrrole nitrogens is 1. The third-order valence-corrected chi connectivity index (χ3v) is 3.40. The number of hydrogen-bond donors (Lipinski definition) is 3. The predicted octanol–water partition coefficient (Wildman–Crippen LogP) is 1.30. The molecule has 2 rings (SSSR count). The van der Waals surface area contributed by atoms with E-state index in [9.17, 15) is 9.59 Å². The van der Waals surface area contributed by atoms with Crippen LogP contribution in [0, 0.1) is 5.92 Å². The van der Waals surface area contributed by atoms with Crippen LogP contribution in [0.1, 0.15) is 30.8 Å². The van der Waals surface area contributed by atoms with Gasteiger partial charge in [-0.1, -0.05) is 20.3 Å². The first-order valence-electron chi connectivity index (χ1n) is 6.72. The zero-order valence-electron chi connectivity index (χ0n) is 11.9. The number of aromatic nitrogens is 2. The highest BCUT2D eigenvalue weighted by molar-refractivity contribution is 5.96. The molecule has 21 heavy (non-hydrogen) atoms. The Kier molecular flexibility index (Phi) is 4.42. The van der Waals surface area contributed by atoms with Crippen molar-refractivity contribution in [2.75, 3.05) is 0 Å². The molecule has 4 N–H and O–H groups in total. The van der Waals surface area contributed by atoms with Gasteiger partial charge in [-0.3, -0.25) is 14.7 Å². The highest BCUT2D eigenvalue weighted by Crippen LogP contribution is 2.18. The summed E-state index contributed by atoms with van der Waals surface area (Å²) in [6.45, 7) is 3.78. The van der Waals surface area contributed by atoms with Crippen LogP contribution in [0.3, 0.4) is 0 Å². The van der Waals surface area contributed by atoms with Gasteiger partial charge in [-0.15, -0.1) is 0 Å². The minimum absolute atomic E-state index is 0.0464. The van der Waals surface area contributed by atoms with E-state index in [0.29, 0.717) is 11.5 Å². The molecule has 0 saturated heterocycles. The van der Waals surface area contributed by atoms with E-state index in [-0.39, 0.29) is 11.6 Å². The van der Waals surface area contributed by atoms with Gasteiger partial charge in [-0.25, -0.2) is 0 Å². The van der Waals surface area contributed by atoms with Crippen LogP contribution in [-0.2, 0) is 4.79 Å². The third-order valence-electron chi connectivity index (χ3n) is 3.40. The molecular weight excluding hydrogens is 272 g/mol. The summed E-state index contributed by atoms with van der Waals surface area (Å²) < 4.78 is 5.21. The maximum absolute atomic E-state index is 12.1. The zero-order valence-corrected chi connectivity index (χ0v) is 11.9. The summed E-state index contributed by atoms with van der Waals surface area (Å²) in [5.41, 5.74) is 6.09. The van der Waals surface area contributed by atoms with E-state index >= 15 is 0 Å². The van der Waals surface area contributed by atoms with Gasteiger partial charge in [0.05, 0.1) is 6.26 Å². The Morgan fingerprint density at radius 2 is 2.29 bits per heavy atom. The largest absolute Gasteiger partial charge is 0.463 e. The second-order valence-corrected chi connectivity index (χ2v) is 4.88. The lowest BCUT2D eigenvalue weighted by Crippen LogP contribution is -2.48. The second kappa shape index (κ2) is 6.25. The molecule has 2 heterocycles. The van der Waals surface area contributed by atoms with Crippen LogP contribution < -0.4 is 11.1 Å². The van der Waals surface area contributed by atoms with Gasteiger partial charge in [-0.05, 0) is 18.1 Å². The molecule has 0 aliphatic heterocycles. The number of furan rings is 1. The van der Waals surface area contributed by atoms with Crippen molar-refractivity contribution >= 4 is 11.8 Å². The lowest BCUT2D eigenvalue weighted by atomic mass is 9.98. The fourth-order valence-electron chi connectivity index (χ4n) is 1.94. The third kappa shape index (κ3) is 3.31. The number of amides is 2. The first kappa shape index (κ1) is 14.8. The number of hydrogen-bond acceptors (Lipinski definition) is 4. The van der Waals surface area contributed by atoms with Gasteiger partial charge in [0.2, 0.25) is 5.91 Å². The number of nitrogens with two attached hydrogens (primary N) is 1. The number of rotatable bonds is 6. The highest BCUT2D eigenvalue weighted by atomic mass is 16.3. The standard InChI is InChI=1S/C14H18N4O3/c1-3-8(2)12(13(15)19)16-14(20)10-7-9(17-18-10)11-5-4-6-21-11/h4-8,12H,3H2,1-2H3,(H2,15,19)(H,16,20)(H,17,18).